The van der Waals surface area contributed by atoms with Gasteiger partial charge in [0.2, 0.25) is 0 Å². The van der Waals surface area contributed by atoms with Gasteiger partial charge in [-0.2, -0.15) is 0 Å². The highest BCUT2D eigenvalue weighted by Crippen LogP contribution is 2.29. The van der Waals surface area contributed by atoms with Crippen molar-refractivity contribution in [2.24, 2.45) is 5.41 Å². The fourth-order valence-corrected chi connectivity index (χ4v) is 2.42. The molecule has 6 nitrogen and oxygen atoms in total. The summed E-state index contributed by atoms with van der Waals surface area (Å²) in [6.07, 6.45) is 3.54. The number of hydrogen-bond acceptors (Lipinski definition) is 4. The Labute approximate surface area is 155 Å². The minimum atomic E-state index is -1.83. The van der Waals surface area contributed by atoms with Crippen LogP contribution in [0.15, 0.2) is 12.1 Å². The van der Waals surface area contributed by atoms with Gasteiger partial charge < -0.3 is 20.1 Å². The fourth-order valence-electron chi connectivity index (χ4n) is 2.42. The van der Waals surface area contributed by atoms with Crippen LogP contribution in [0.25, 0.3) is 0 Å². The van der Waals surface area contributed by atoms with Gasteiger partial charge in [-0.1, -0.05) is 40.5 Å². The maximum Gasteiger partial charge on any atom is 0.503 e. The summed E-state index contributed by atoms with van der Waals surface area (Å²) in [6, 6.07) is 3.32. The lowest BCUT2D eigenvalue weighted by Crippen LogP contribution is -2.05. The Morgan fingerprint density at radius 2 is 1.65 bits per heavy atom. The number of ketones is 1. The molecule has 148 valence electrons. The third kappa shape index (κ3) is 10.6. The summed E-state index contributed by atoms with van der Waals surface area (Å²) >= 11 is 0. The van der Waals surface area contributed by atoms with Gasteiger partial charge in [-0.25, -0.2) is 4.79 Å². The van der Waals surface area contributed by atoms with Crippen molar-refractivity contribution in [1.29, 1.82) is 0 Å². The van der Waals surface area contributed by atoms with E-state index in [4.69, 9.17) is 19.7 Å². The van der Waals surface area contributed by atoms with Crippen LogP contribution in [0.3, 0.4) is 0 Å². The Morgan fingerprint density at radius 1 is 1.08 bits per heavy atom. The van der Waals surface area contributed by atoms with Crippen molar-refractivity contribution in [3.8, 4) is 11.5 Å². The Hall–Kier alpha value is -2.24. The first kappa shape index (κ1) is 23.8. The van der Waals surface area contributed by atoms with Gasteiger partial charge in [-0.15, -0.1) is 0 Å². The van der Waals surface area contributed by atoms with Crippen molar-refractivity contribution >= 4 is 11.9 Å². The number of phenolic OH excluding ortho intramolecular Hbond substituents is 1. The number of benzene rings is 1. The van der Waals surface area contributed by atoms with Crippen LogP contribution in [0, 0.1) is 5.41 Å². The van der Waals surface area contributed by atoms with Crippen LogP contribution in [0.2, 0.25) is 0 Å². The lowest BCUT2D eigenvalue weighted by molar-refractivity contribution is 0.101. The van der Waals surface area contributed by atoms with Gasteiger partial charge in [0.1, 0.15) is 11.5 Å². The molecule has 0 aliphatic carbocycles. The second-order valence-corrected chi connectivity index (χ2v) is 7.39. The number of carboxylic acid groups (broad SMARTS) is 2. The molecule has 0 fully saturated rings. The molecule has 1 rings (SSSR count). The number of carbonyl (C=O) groups excluding carboxylic acids is 1. The van der Waals surface area contributed by atoms with Crippen molar-refractivity contribution in [3.63, 3.8) is 0 Å². The maximum absolute atomic E-state index is 11.5. The van der Waals surface area contributed by atoms with Gasteiger partial charge >= 0.3 is 6.16 Å². The highest BCUT2D eigenvalue weighted by molar-refractivity contribution is 5.97. The molecule has 0 amide bonds. The van der Waals surface area contributed by atoms with E-state index in [0.717, 1.165) is 24.8 Å². The van der Waals surface area contributed by atoms with Gasteiger partial charge in [0.05, 0.1) is 12.2 Å². The van der Waals surface area contributed by atoms with E-state index in [1.54, 1.807) is 12.1 Å². The fraction of sp³-hybridized carbons (Fsp3) is 0.600. The highest BCUT2D eigenvalue weighted by Gasteiger charge is 2.13. The molecule has 6 heteroatoms. The minimum absolute atomic E-state index is 0.00688. The van der Waals surface area contributed by atoms with Crippen LogP contribution in [0.5, 0.6) is 11.5 Å². The van der Waals surface area contributed by atoms with Crippen molar-refractivity contribution < 1.29 is 29.6 Å². The zero-order chi connectivity index (χ0) is 20.3. The average Bonchev–Trinajstić information content (AvgIpc) is 2.48. The second-order valence-electron chi connectivity index (χ2n) is 7.39. The monoisotopic (exact) mass is 368 g/mol. The number of carbonyl (C=O) groups is 2. The first-order chi connectivity index (χ1) is 12.0. The first-order valence-electron chi connectivity index (χ1n) is 8.89. The zero-order valence-electron chi connectivity index (χ0n) is 16.5. The lowest BCUT2D eigenvalue weighted by atomic mass is 9.89. The van der Waals surface area contributed by atoms with E-state index in [1.807, 2.05) is 6.92 Å². The Balaban J connectivity index is 0.00000141. The van der Waals surface area contributed by atoms with E-state index in [2.05, 4.69) is 20.8 Å². The summed E-state index contributed by atoms with van der Waals surface area (Å²) in [4.78, 5) is 20.0. The highest BCUT2D eigenvalue weighted by atomic mass is 16.6. The number of ether oxygens (including phenoxy) is 1. The number of aromatic hydroxyl groups is 1. The van der Waals surface area contributed by atoms with Crippen LogP contribution in [-0.2, 0) is 6.42 Å². The van der Waals surface area contributed by atoms with Gasteiger partial charge in [0.15, 0.2) is 5.78 Å². The largest absolute Gasteiger partial charge is 0.507 e. The summed E-state index contributed by atoms with van der Waals surface area (Å²) in [7, 11) is 0. The van der Waals surface area contributed by atoms with E-state index >= 15 is 0 Å². The van der Waals surface area contributed by atoms with Gasteiger partial charge in [0.25, 0.3) is 0 Å². The molecular weight excluding hydrogens is 336 g/mol. The van der Waals surface area contributed by atoms with Crippen LogP contribution in [-0.4, -0.2) is 33.9 Å². The number of Topliss-reactive ketones (excluding diaryl/α,β-unsaturated/α-hetero) is 1. The molecule has 0 aromatic heterocycles. The van der Waals surface area contributed by atoms with Crippen LogP contribution < -0.4 is 4.74 Å². The molecule has 0 heterocycles. The van der Waals surface area contributed by atoms with E-state index in [9.17, 15) is 9.90 Å². The van der Waals surface area contributed by atoms with Crippen molar-refractivity contribution in [2.75, 3.05) is 6.61 Å². The molecule has 3 N–H and O–H groups in total. The number of aryl methyl sites for hydroxylation is 1. The first-order valence-corrected chi connectivity index (χ1v) is 8.89. The van der Waals surface area contributed by atoms with E-state index in [1.165, 1.54) is 19.8 Å². The molecule has 0 aliphatic heterocycles. The van der Waals surface area contributed by atoms with Crippen LogP contribution in [0.1, 0.15) is 76.2 Å². The average molecular weight is 368 g/mol. The Bertz CT molecular complexity index is 583. The minimum Gasteiger partial charge on any atom is -0.507 e. The SMILES string of the molecule is CCc1cc(C(C)=O)c(O)cc1OCCCCCC(C)(C)C.O=C(O)O. The number of hydrogen-bond donors (Lipinski definition) is 3. The van der Waals surface area contributed by atoms with Gasteiger partial charge in [-0.3, -0.25) is 4.79 Å². The van der Waals surface area contributed by atoms with E-state index < -0.39 is 6.16 Å². The molecule has 1 aromatic carbocycles. The summed E-state index contributed by atoms with van der Waals surface area (Å²) < 4.78 is 5.80. The normalized spacial score (nSPS) is 10.7. The molecular formula is C20H32O6. The van der Waals surface area contributed by atoms with E-state index in [0.29, 0.717) is 23.3 Å². The summed E-state index contributed by atoms with van der Waals surface area (Å²) in [5.41, 5.74) is 1.73. The smallest absolute Gasteiger partial charge is 0.503 e. The Morgan fingerprint density at radius 3 is 2.12 bits per heavy atom. The van der Waals surface area contributed by atoms with Crippen LogP contribution >= 0.6 is 0 Å². The standard InChI is InChI=1S/C19H30O3.CH2O3/c1-6-15-12-16(14(2)20)17(21)13-18(15)22-11-9-7-8-10-19(3,4)5;2-1(3)4/h12-13,21H,6-11H2,1-5H3;(H2,2,3,4). The molecule has 0 saturated heterocycles. The molecule has 0 atom stereocenters. The van der Waals surface area contributed by atoms with Crippen LogP contribution in [0.4, 0.5) is 4.79 Å². The lowest BCUT2D eigenvalue weighted by Gasteiger charge is -2.17. The molecule has 0 saturated carbocycles. The maximum atomic E-state index is 11.5. The molecule has 0 unspecified atom stereocenters. The summed E-state index contributed by atoms with van der Waals surface area (Å²) in [5, 5.41) is 23.9. The second kappa shape index (κ2) is 11.4. The van der Waals surface area contributed by atoms with Gasteiger partial charge in [-0.05, 0) is 43.2 Å². The molecule has 26 heavy (non-hydrogen) atoms. The quantitative estimate of drug-likeness (QED) is 0.421. The number of unbranched alkanes of at least 4 members (excludes halogenated alkanes) is 2. The Kier molecular flexibility index (Phi) is 10.4. The van der Waals surface area contributed by atoms with Gasteiger partial charge in [0, 0.05) is 6.07 Å². The van der Waals surface area contributed by atoms with Crippen molar-refractivity contribution in [3.05, 3.63) is 23.3 Å². The van der Waals surface area contributed by atoms with Crippen molar-refractivity contribution in [1.82, 2.24) is 0 Å². The topological polar surface area (TPSA) is 104 Å². The molecule has 0 radical (unpaired) electrons. The zero-order valence-corrected chi connectivity index (χ0v) is 16.5. The summed E-state index contributed by atoms with van der Waals surface area (Å²) in [5.74, 6) is 0.578. The molecule has 0 bridgehead atoms. The number of rotatable bonds is 8. The third-order valence-electron chi connectivity index (χ3n) is 3.77. The van der Waals surface area contributed by atoms with Crippen molar-refractivity contribution in [2.45, 2.75) is 66.7 Å². The molecule has 0 spiro atoms. The predicted molar refractivity (Wildman–Crippen MR) is 102 cm³/mol. The number of phenols is 1. The third-order valence-corrected chi connectivity index (χ3v) is 3.77. The predicted octanol–water partition coefficient (Wildman–Crippen LogP) is 5.36. The summed E-state index contributed by atoms with van der Waals surface area (Å²) in [6.45, 7) is 10.9. The molecule has 1 aromatic rings. The van der Waals surface area contributed by atoms with E-state index in [-0.39, 0.29) is 11.5 Å². The molecule has 0 aliphatic rings.